The Labute approximate surface area is 195 Å². The number of fused-ring (bicyclic) bond motifs is 1. The van der Waals surface area contributed by atoms with E-state index in [1.54, 1.807) is 47.8 Å². The quantitative estimate of drug-likeness (QED) is 0.345. The zero-order valence-electron chi connectivity index (χ0n) is 17.7. The van der Waals surface area contributed by atoms with Crippen LogP contribution >= 0.6 is 11.9 Å². The third-order valence-corrected chi connectivity index (χ3v) is 5.78. The van der Waals surface area contributed by atoms with E-state index < -0.39 is 11.9 Å². The molecule has 4 rings (SSSR count). The van der Waals surface area contributed by atoms with E-state index in [0.717, 1.165) is 10.5 Å². The van der Waals surface area contributed by atoms with Crippen LogP contribution in [0.3, 0.4) is 0 Å². The molecule has 6 nitrogen and oxygen atoms in total. The smallest absolute Gasteiger partial charge is 0.336 e. The maximum atomic E-state index is 13.2. The Morgan fingerprint density at radius 2 is 1.58 bits per heavy atom. The Balaban J connectivity index is 1.70. The van der Waals surface area contributed by atoms with Crippen molar-refractivity contribution in [3.8, 4) is 0 Å². The zero-order valence-corrected chi connectivity index (χ0v) is 18.5. The standard InChI is InChI=1S/C26H20N2O4S/c1-28-24(26(31)27-20-13-6-3-7-14-21(20)29)25(19-12-8-9-15-22(19)33-28)32-23(30)17-16-18-10-4-2-5-11-18/h2-17H,1H3,(H,27,29,31). The van der Waals surface area contributed by atoms with Crippen LogP contribution in [0.15, 0.2) is 106 Å². The minimum absolute atomic E-state index is 0.125. The largest absolute Gasteiger partial charge is 0.420 e. The number of carbonyl (C=O) groups excluding carboxylic acids is 2. The zero-order chi connectivity index (χ0) is 23.2. The number of amides is 1. The summed E-state index contributed by atoms with van der Waals surface area (Å²) < 4.78 is 7.31. The van der Waals surface area contributed by atoms with Gasteiger partial charge < -0.3 is 14.4 Å². The Kier molecular flexibility index (Phi) is 6.71. The van der Waals surface area contributed by atoms with Crippen molar-refractivity contribution in [3.63, 3.8) is 0 Å². The number of esters is 1. The first-order chi connectivity index (χ1) is 16.0. The highest BCUT2D eigenvalue weighted by atomic mass is 32.2. The highest BCUT2D eigenvalue weighted by molar-refractivity contribution is 7.97. The van der Waals surface area contributed by atoms with Crippen LogP contribution in [0.5, 0.6) is 0 Å². The molecule has 0 atom stereocenters. The van der Waals surface area contributed by atoms with Gasteiger partial charge in [-0.25, -0.2) is 4.79 Å². The molecule has 1 N–H and O–H groups in total. The number of rotatable bonds is 5. The summed E-state index contributed by atoms with van der Waals surface area (Å²) in [6, 6.07) is 24.5. The van der Waals surface area contributed by atoms with E-state index in [-0.39, 0.29) is 22.6 Å². The Bertz CT molecular complexity index is 1320. The average Bonchev–Trinajstić information content (AvgIpc) is 3.02. The van der Waals surface area contributed by atoms with Gasteiger partial charge in [-0.3, -0.25) is 9.59 Å². The van der Waals surface area contributed by atoms with Crippen LogP contribution in [0.1, 0.15) is 11.1 Å². The summed E-state index contributed by atoms with van der Waals surface area (Å²) in [6.45, 7) is 0. The summed E-state index contributed by atoms with van der Waals surface area (Å²) >= 11 is 1.33. The molecule has 1 aliphatic heterocycles. The first-order valence-electron chi connectivity index (χ1n) is 10.1. The van der Waals surface area contributed by atoms with Crippen LogP contribution in [0.4, 0.5) is 5.69 Å². The fourth-order valence-electron chi connectivity index (χ4n) is 3.23. The molecule has 33 heavy (non-hydrogen) atoms. The van der Waals surface area contributed by atoms with Gasteiger partial charge in [0, 0.05) is 23.6 Å². The SMILES string of the molecule is CN1Sc2ccccc2C(OC(=O)C=Cc2ccccc2)=C1C(=O)Nc1cccccc1=O. The fraction of sp³-hybridized carbons (Fsp3) is 0.0385. The lowest BCUT2D eigenvalue weighted by Gasteiger charge is -2.29. The molecule has 0 aliphatic carbocycles. The lowest BCUT2D eigenvalue weighted by molar-refractivity contribution is -0.131. The van der Waals surface area contributed by atoms with Crippen LogP contribution in [0.2, 0.25) is 0 Å². The van der Waals surface area contributed by atoms with Crippen molar-refractivity contribution in [2.24, 2.45) is 0 Å². The van der Waals surface area contributed by atoms with E-state index in [2.05, 4.69) is 5.32 Å². The van der Waals surface area contributed by atoms with E-state index in [4.69, 9.17) is 4.74 Å². The molecular formula is C26H20N2O4S. The van der Waals surface area contributed by atoms with E-state index in [9.17, 15) is 14.4 Å². The van der Waals surface area contributed by atoms with Gasteiger partial charge in [0.2, 0.25) is 5.43 Å². The summed E-state index contributed by atoms with van der Waals surface area (Å²) in [5.41, 5.74) is 1.39. The first-order valence-corrected chi connectivity index (χ1v) is 10.9. The van der Waals surface area contributed by atoms with Crippen LogP contribution in [0, 0.1) is 0 Å². The van der Waals surface area contributed by atoms with Gasteiger partial charge in [0.05, 0.1) is 5.69 Å². The number of benzene rings is 2. The highest BCUT2D eigenvalue weighted by Gasteiger charge is 2.31. The molecule has 0 aromatic heterocycles. The molecule has 0 fully saturated rings. The second-order valence-corrected chi connectivity index (χ2v) is 8.24. The van der Waals surface area contributed by atoms with Crippen LogP contribution < -0.4 is 10.7 Å². The van der Waals surface area contributed by atoms with Gasteiger partial charge in [0.1, 0.15) is 0 Å². The maximum absolute atomic E-state index is 13.2. The first kappa shape index (κ1) is 22.1. The van der Waals surface area contributed by atoms with Crippen molar-refractivity contribution in [1.29, 1.82) is 0 Å². The minimum atomic E-state index is -0.620. The number of carbonyl (C=O) groups is 2. The number of anilines is 1. The van der Waals surface area contributed by atoms with Crippen molar-refractivity contribution in [2.45, 2.75) is 4.90 Å². The maximum Gasteiger partial charge on any atom is 0.336 e. The molecule has 1 amide bonds. The normalized spacial score (nSPS) is 12.9. The Hall–Kier alpha value is -4.10. The third-order valence-electron chi connectivity index (χ3n) is 4.77. The number of nitrogens with one attached hydrogen (secondary N) is 1. The molecule has 0 spiro atoms. The Morgan fingerprint density at radius 1 is 0.909 bits per heavy atom. The molecule has 0 radical (unpaired) electrons. The number of hydrogen-bond donors (Lipinski definition) is 1. The van der Waals surface area contributed by atoms with Crippen molar-refractivity contribution < 1.29 is 14.3 Å². The molecule has 7 heteroatoms. The monoisotopic (exact) mass is 456 g/mol. The van der Waals surface area contributed by atoms with Gasteiger partial charge in [-0.15, -0.1) is 0 Å². The van der Waals surface area contributed by atoms with Gasteiger partial charge in [-0.2, -0.15) is 0 Å². The number of hydrogen-bond acceptors (Lipinski definition) is 6. The molecule has 3 aromatic rings. The Morgan fingerprint density at radius 3 is 2.36 bits per heavy atom. The van der Waals surface area contributed by atoms with Crippen molar-refractivity contribution >= 4 is 41.3 Å². The van der Waals surface area contributed by atoms with Gasteiger partial charge in [-0.1, -0.05) is 60.7 Å². The molecular weight excluding hydrogens is 436 g/mol. The van der Waals surface area contributed by atoms with E-state index in [0.29, 0.717) is 5.56 Å². The minimum Gasteiger partial charge on any atom is -0.420 e. The lowest BCUT2D eigenvalue weighted by atomic mass is 10.1. The predicted octanol–water partition coefficient (Wildman–Crippen LogP) is 4.56. The highest BCUT2D eigenvalue weighted by Crippen LogP contribution is 2.40. The van der Waals surface area contributed by atoms with Gasteiger partial charge in [-0.05, 0) is 47.9 Å². The van der Waals surface area contributed by atoms with E-state index >= 15 is 0 Å². The van der Waals surface area contributed by atoms with Gasteiger partial charge >= 0.3 is 5.97 Å². The molecule has 0 bridgehead atoms. The number of ether oxygens (including phenoxy) is 1. The van der Waals surface area contributed by atoms with Crippen molar-refractivity contribution in [2.75, 3.05) is 12.4 Å². The lowest BCUT2D eigenvalue weighted by Crippen LogP contribution is -2.29. The molecule has 0 saturated carbocycles. The van der Waals surface area contributed by atoms with E-state index in [1.165, 1.54) is 30.2 Å². The second-order valence-electron chi connectivity index (χ2n) is 7.07. The van der Waals surface area contributed by atoms with Crippen molar-refractivity contribution in [1.82, 2.24) is 4.31 Å². The summed E-state index contributed by atoms with van der Waals surface area (Å²) in [5.74, 6) is -1.05. The second kappa shape index (κ2) is 10.0. The molecule has 0 unspecified atom stereocenters. The number of nitrogens with zero attached hydrogens (tertiary/aromatic N) is 1. The molecule has 1 aliphatic rings. The van der Waals surface area contributed by atoms with Crippen LogP contribution in [0.25, 0.3) is 11.8 Å². The third kappa shape index (κ3) is 5.22. The summed E-state index contributed by atoms with van der Waals surface area (Å²) in [5, 5.41) is 2.65. The van der Waals surface area contributed by atoms with Crippen LogP contribution in [-0.4, -0.2) is 23.2 Å². The van der Waals surface area contributed by atoms with Gasteiger partial charge in [0.25, 0.3) is 5.91 Å². The molecule has 1 heterocycles. The van der Waals surface area contributed by atoms with Crippen LogP contribution in [-0.2, 0) is 14.3 Å². The molecule has 3 aromatic carbocycles. The predicted molar refractivity (Wildman–Crippen MR) is 130 cm³/mol. The molecule has 164 valence electrons. The fourth-order valence-corrected chi connectivity index (χ4v) is 4.18. The summed E-state index contributed by atoms with van der Waals surface area (Å²) in [4.78, 5) is 39.0. The van der Waals surface area contributed by atoms with Crippen molar-refractivity contribution in [3.05, 3.63) is 118 Å². The average molecular weight is 457 g/mol. The molecule has 0 saturated heterocycles. The topological polar surface area (TPSA) is 75.7 Å². The van der Waals surface area contributed by atoms with Gasteiger partial charge in [0.15, 0.2) is 11.5 Å². The summed E-state index contributed by atoms with van der Waals surface area (Å²) in [6.07, 6.45) is 2.96. The summed E-state index contributed by atoms with van der Waals surface area (Å²) in [7, 11) is 1.70. The number of likely N-dealkylation sites (N-methyl/N-ethyl adjacent to an activating group) is 1. The van der Waals surface area contributed by atoms with E-state index in [1.807, 2.05) is 42.5 Å².